The maximum Gasteiger partial charge on any atom is 0.265 e. The Bertz CT molecular complexity index is 448. The number of nitriles is 1. The van der Waals surface area contributed by atoms with E-state index in [1.807, 2.05) is 31.2 Å². The summed E-state index contributed by atoms with van der Waals surface area (Å²) in [5.41, 5.74) is 1.72. The molecule has 1 amide bonds. The van der Waals surface area contributed by atoms with Gasteiger partial charge < -0.3 is 4.74 Å². The zero-order chi connectivity index (χ0) is 10.8. The largest absolute Gasteiger partial charge is 0.482 e. The number of ether oxygens (including phenoxy) is 1. The van der Waals surface area contributed by atoms with Gasteiger partial charge in [-0.1, -0.05) is 6.07 Å². The number of carbonyl (C=O) groups excluding carboxylic acids is 1. The van der Waals surface area contributed by atoms with E-state index < -0.39 is 0 Å². The molecular weight excluding hydrogens is 192 g/mol. The Hall–Kier alpha value is -2.02. The number of carbonyl (C=O) groups is 1. The summed E-state index contributed by atoms with van der Waals surface area (Å²) < 4.78 is 5.27. The molecule has 15 heavy (non-hydrogen) atoms. The summed E-state index contributed by atoms with van der Waals surface area (Å²) in [5, 5.41) is 8.65. The van der Waals surface area contributed by atoms with Gasteiger partial charge in [-0.3, -0.25) is 9.69 Å². The first-order valence-corrected chi connectivity index (χ1v) is 4.63. The predicted molar refractivity (Wildman–Crippen MR) is 54.6 cm³/mol. The number of aryl methyl sites for hydroxylation is 1. The maximum atomic E-state index is 11.5. The van der Waals surface area contributed by atoms with E-state index in [0.29, 0.717) is 11.4 Å². The van der Waals surface area contributed by atoms with Crippen molar-refractivity contribution in [1.29, 1.82) is 5.26 Å². The van der Waals surface area contributed by atoms with Crippen LogP contribution in [0.2, 0.25) is 0 Å². The molecule has 0 spiro atoms. The van der Waals surface area contributed by atoms with E-state index >= 15 is 0 Å². The third kappa shape index (κ3) is 1.64. The molecule has 2 rings (SSSR count). The molecule has 0 unspecified atom stereocenters. The first kappa shape index (κ1) is 9.53. The maximum absolute atomic E-state index is 11.5. The van der Waals surface area contributed by atoms with Gasteiger partial charge in [0.15, 0.2) is 6.61 Å². The third-order valence-corrected chi connectivity index (χ3v) is 2.29. The van der Waals surface area contributed by atoms with Crippen molar-refractivity contribution in [1.82, 2.24) is 0 Å². The normalized spacial score (nSPS) is 14.1. The average molecular weight is 202 g/mol. The van der Waals surface area contributed by atoms with E-state index in [0.717, 1.165) is 5.56 Å². The number of rotatable bonds is 1. The summed E-state index contributed by atoms with van der Waals surface area (Å²) in [7, 11) is 0. The van der Waals surface area contributed by atoms with E-state index in [1.165, 1.54) is 4.90 Å². The summed E-state index contributed by atoms with van der Waals surface area (Å²) in [6.07, 6.45) is 0. The van der Waals surface area contributed by atoms with Gasteiger partial charge in [-0.15, -0.1) is 0 Å². The topological polar surface area (TPSA) is 53.3 Å². The smallest absolute Gasteiger partial charge is 0.265 e. The number of anilines is 1. The minimum absolute atomic E-state index is 0.0116. The second-order valence-corrected chi connectivity index (χ2v) is 3.40. The van der Waals surface area contributed by atoms with Crippen molar-refractivity contribution in [2.45, 2.75) is 6.92 Å². The Morgan fingerprint density at radius 1 is 1.60 bits per heavy atom. The van der Waals surface area contributed by atoms with Gasteiger partial charge in [0.25, 0.3) is 5.91 Å². The molecule has 1 aromatic carbocycles. The number of hydrogen-bond acceptors (Lipinski definition) is 3. The second kappa shape index (κ2) is 3.62. The highest BCUT2D eigenvalue weighted by Gasteiger charge is 2.24. The van der Waals surface area contributed by atoms with E-state index in [2.05, 4.69) is 0 Å². The summed E-state index contributed by atoms with van der Waals surface area (Å²) in [6, 6.07) is 7.57. The Labute approximate surface area is 87.7 Å². The second-order valence-electron chi connectivity index (χ2n) is 3.40. The van der Waals surface area contributed by atoms with Crippen LogP contribution in [0.15, 0.2) is 18.2 Å². The lowest BCUT2D eigenvalue weighted by molar-refractivity contribution is -0.121. The minimum Gasteiger partial charge on any atom is -0.482 e. The van der Waals surface area contributed by atoms with Gasteiger partial charge in [0.1, 0.15) is 12.3 Å². The fraction of sp³-hybridized carbons (Fsp3) is 0.273. The molecule has 0 aliphatic carbocycles. The van der Waals surface area contributed by atoms with E-state index in [9.17, 15) is 4.79 Å². The van der Waals surface area contributed by atoms with Crippen LogP contribution in [-0.2, 0) is 4.79 Å². The third-order valence-electron chi connectivity index (χ3n) is 2.29. The minimum atomic E-state index is -0.172. The quantitative estimate of drug-likeness (QED) is 0.644. The van der Waals surface area contributed by atoms with Gasteiger partial charge in [-0.05, 0) is 24.6 Å². The highest BCUT2D eigenvalue weighted by Crippen LogP contribution is 2.32. The van der Waals surface area contributed by atoms with Crippen molar-refractivity contribution in [3.8, 4) is 11.8 Å². The molecule has 0 fully saturated rings. The standard InChI is InChI=1S/C11H10N2O2/c1-8-2-3-10-9(6-8)13(5-4-12)11(14)7-15-10/h2-3,6H,5,7H2,1H3. The lowest BCUT2D eigenvalue weighted by Crippen LogP contribution is -2.39. The predicted octanol–water partition coefficient (Wildman–Crippen LogP) is 1.24. The lowest BCUT2D eigenvalue weighted by Gasteiger charge is -2.27. The van der Waals surface area contributed by atoms with Crippen LogP contribution in [0.4, 0.5) is 5.69 Å². The molecule has 0 radical (unpaired) electrons. The highest BCUT2D eigenvalue weighted by molar-refractivity contribution is 5.98. The molecule has 1 aliphatic rings. The van der Waals surface area contributed by atoms with Crippen LogP contribution >= 0.6 is 0 Å². The van der Waals surface area contributed by atoms with Gasteiger partial charge in [-0.2, -0.15) is 5.26 Å². The van der Waals surface area contributed by atoms with Crippen LogP contribution in [0.3, 0.4) is 0 Å². The fourth-order valence-corrected chi connectivity index (χ4v) is 1.56. The first-order valence-electron chi connectivity index (χ1n) is 4.63. The van der Waals surface area contributed by atoms with Crippen molar-refractivity contribution in [2.75, 3.05) is 18.1 Å². The highest BCUT2D eigenvalue weighted by atomic mass is 16.5. The number of hydrogen-bond donors (Lipinski definition) is 0. The van der Waals surface area contributed by atoms with Crippen molar-refractivity contribution in [3.63, 3.8) is 0 Å². The Kier molecular flexibility index (Phi) is 2.30. The van der Waals surface area contributed by atoms with Gasteiger partial charge in [-0.25, -0.2) is 0 Å². The van der Waals surface area contributed by atoms with Crippen LogP contribution in [-0.4, -0.2) is 19.1 Å². The molecule has 1 heterocycles. The van der Waals surface area contributed by atoms with Gasteiger partial charge in [0.2, 0.25) is 0 Å². The fourth-order valence-electron chi connectivity index (χ4n) is 1.56. The van der Waals surface area contributed by atoms with E-state index in [-0.39, 0.29) is 19.1 Å². The van der Waals surface area contributed by atoms with Gasteiger partial charge in [0, 0.05) is 0 Å². The Balaban J connectivity index is 2.46. The molecule has 0 bridgehead atoms. The van der Waals surface area contributed by atoms with Crippen molar-refractivity contribution in [2.24, 2.45) is 0 Å². The molecule has 0 saturated heterocycles. The molecule has 1 aliphatic heterocycles. The molecule has 1 aromatic rings. The molecule has 4 heteroatoms. The molecule has 4 nitrogen and oxygen atoms in total. The molecule has 0 saturated carbocycles. The van der Waals surface area contributed by atoms with Crippen molar-refractivity contribution < 1.29 is 9.53 Å². The van der Waals surface area contributed by atoms with Crippen LogP contribution < -0.4 is 9.64 Å². The monoisotopic (exact) mass is 202 g/mol. The summed E-state index contributed by atoms with van der Waals surface area (Å²) in [5.74, 6) is 0.491. The van der Waals surface area contributed by atoms with Gasteiger partial charge >= 0.3 is 0 Å². The van der Waals surface area contributed by atoms with Crippen LogP contribution in [0, 0.1) is 18.3 Å². The van der Waals surface area contributed by atoms with E-state index in [1.54, 1.807) is 0 Å². The zero-order valence-electron chi connectivity index (χ0n) is 8.36. The van der Waals surface area contributed by atoms with Crippen molar-refractivity contribution in [3.05, 3.63) is 23.8 Å². The first-order chi connectivity index (χ1) is 7.22. The number of nitrogens with zero attached hydrogens (tertiary/aromatic N) is 2. The Morgan fingerprint density at radius 2 is 2.40 bits per heavy atom. The van der Waals surface area contributed by atoms with Crippen LogP contribution in [0.5, 0.6) is 5.75 Å². The summed E-state index contributed by atoms with van der Waals surface area (Å²) in [4.78, 5) is 13.0. The molecule has 0 N–H and O–H groups in total. The summed E-state index contributed by atoms with van der Waals surface area (Å²) >= 11 is 0. The molecule has 0 atom stereocenters. The van der Waals surface area contributed by atoms with Crippen LogP contribution in [0.1, 0.15) is 5.56 Å². The number of fused-ring (bicyclic) bond motifs is 1. The molecule has 0 aromatic heterocycles. The van der Waals surface area contributed by atoms with Gasteiger partial charge in [0.05, 0.1) is 11.8 Å². The molecule has 76 valence electrons. The summed E-state index contributed by atoms with van der Waals surface area (Å²) in [6.45, 7) is 2.01. The zero-order valence-corrected chi connectivity index (χ0v) is 8.36. The van der Waals surface area contributed by atoms with Crippen LogP contribution in [0.25, 0.3) is 0 Å². The van der Waals surface area contributed by atoms with Crippen molar-refractivity contribution >= 4 is 11.6 Å². The Morgan fingerprint density at radius 3 is 3.13 bits per heavy atom. The number of amides is 1. The molecular formula is C11H10N2O2. The lowest BCUT2D eigenvalue weighted by atomic mass is 10.1. The number of benzene rings is 1. The SMILES string of the molecule is Cc1ccc2c(c1)N(CC#N)C(=O)CO2. The average Bonchev–Trinajstić information content (AvgIpc) is 2.23. The van der Waals surface area contributed by atoms with E-state index in [4.69, 9.17) is 10.00 Å².